The smallest absolute Gasteiger partial charge is 0.326 e. The molecule has 1 N–H and O–H groups in total. The van der Waals surface area contributed by atoms with Gasteiger partial charge in [0.05, 0.1) is 0 Å². The van der Waals surface area contributed by atoms with Gasteiger partial charge in [-0.25, -0.2) is 4.39 Å². The lowest BCUT2D eigenvalue weighted by atomic mass is 9.92. The zero-order chi connectivity index (χ0) is 25.5. The molecule has 1 unspecified atom stereocenters. The van der Waals surface area contributed by atoms with Gasteiger partial charge in [-0.3, -0.25) is 9.69 Å². The van der Waals surface area contributed by atoms with Crippen molar-refractivity contribution in [1.82, 2.24) is 14.1 Å². The number of benzene rings is 2. The molecule has 10 heteroatoms. The summed E-state index contributed by atoms with van der Waals surface area (Å²) in [6.07, 6.45) is 3.24. The molecule has 4 rings (SSSR count). The zero-order valence-corrected chi connectivity index (χ0v) is 21.2. The molecule has 196 valence electrons. The maximum atomic E-state index is 13.4. The van der Waals surface area contributed by atoms with Crippen LogP contribution in [0.15, 0.2) is 54.6 Å². The molecule has 36 heavy (non-hydrogen) atoms. The summed E-state index contributed by atoms with van der Waals surface area (Å²) in [6, 6.07) is 16.1. The van der Waals surface area contributed by atoms with Crippen LogP contribution in [0.25, 0.3) is 0 Å². The van der Waals surface area contributed by atoms with Gasteiger partial charge >= 0.3 is 10.4 Å². The highest BCUT2D eigenvalue weighted by Gasteiger charge is 2.31. The van der Waals surface area contributed by atoms with Gasteiger partial charge < -0.3 is 10.2 Å². The molecule has 0 aliphatic carbocycles. The molecule has 0 spiro atoms. The Kier molecular flexibility index (Phi) is 9.05. The molecular formula is C26H34F2N4O3S. The molecular weight excluding hydrogens is 486 g/mol. The van der Waals surface area contributed by atoms with Crippen LogP contribution >= 0.6 is 0 Å². The minimum Gasteiger partial charge on any atom is -0.326 e. The summed E-state index contributed by atoms with van der Waals surface area (Å²) >= 11 is 0. The molecule has 2 fully saturated rings. The van der Waals surface area contributed by atoms with Crippen LogP contribution in [0.1, 0.15) is 37.3 Å². The zero-order valence-electron chi connectivity index (χ0n) is 20.4. The topological polar surface area (TPSA) is 73.0 Å². The Morgan fingerprint density at radius 2 is 1.58 bits per heavy atom. The molecule has 0 aromatic heterocycles. The Balaban J connectivity index is 1.25. The number of carbonyl (C=O) groups excluding carboxylic acids is 1. The summed E-state index contributed by atoms with van der Waals surface area (Å²) in [5.41, 5.74) is 1.79. The number of amides is 1. The molecule has 2 aromatic carbocycles. The Morgan fingerprint density at radius 3 is 2.19 bits per heavy atom. The van der Waals surface area contributed by atoms with Crippen LogP contribution in [0.5, 0.6) is 0 Å². The quantitative estimate of drug-likeness (QED) is 0.509. The van der Waals surface area contributed by atoms with Gasteiger partial charge in [-0.2, -0.15) is 12.7 Å². The van der Waals surface area contributed by atoms with E-state index in [1.165, 1.54) is 17.7 Å². The van der Waals surface area contributed by atoms with Crippen LogP contribution in [0.3, 0.4) is 0 Å². The molecule has 1 atom stereocenters. The van der Waals surface area contributed by atoms with Crippen LogP contribution in [0.4, 0.5) is 14.0 Å². The molecule has 2 saturated heterocycles. The second kappa shape index (κ2) is 12.2. The highest BCUT2D eigenvalue weighted by Crippen LogP contribution is 2.28. The Hall–Kier alpha value is -2.40. The first-order chi connectivity index (χ1) is 17.3. The molecule has 2 aliphatic rings. The van der Waals surface area contributed by atoms with Gasteiger partial charge in [0.25, 0.3) is 0 Å². The molecule has 1 amide bonds. The number of nitrogens with one attached hydrogen (secondary N) is 1. The van der Waals surface area contributed by atoms with E-state index in [4.69, 9.17) is 0 Å². The minimum atomic E-state index is -4.65. The van der Waals surface area contributed by atoms with E-state index in [0.29, 0.717) is 31.1 Å². The third-order valence-corrected chi connectivity index (χ3v) is 8.22. The number of nitrogens with zero attached hydrogens (tertiary/aromatic N) is 3. The maximum Gasteiger partial charge on any atom is 0.374 e. The Bertz CT molecular complexity index is 1090. The Labute approximate surface area is 212 Å². The van der Waals surface area contributed by atoms with E-state index in [0.717, 1.165) is 43.2 Å². The van der Waals surface area contributed by atoms with E-state index >= 15 is 0 Å². The predicted molar refractivity (Wildman–Crippen MR) is 136 cm³/mol. The predicted octanol–water partition coefficient (Wildman–Crippen LogP) is 3.83. The fourth-order valence-corrected chi connectivity index (χ4v) is 5.79. The van der Waals surface area contributed by atoms with Crippen molar-refractivity contribution < 1.29 is 21.5 Å². The summed E-state index contributed by atoms with van der Waals surface area (Å²) < 4.78 is 49.9. The number of anilines is 1. The number of likely N-dealkylation sites (tertiary alicyclic amines) is 1. The van der Waals surface area contributed by atoms with E-state index in [2.05, 4.69) is 27.2 Å². The first-order valence-electron chi connectivity index (χ1n) is 12.5. The van der Waals surface area contributed by atoms with Gasteiger partial charge in [-0.1, -0.05) is 34.2 Å². The number of halogens is 2. The number of piperazine rings is 1. The fraction of sp³-hybridized carbons (Fsp3) is 0.500. The Morgan fingerprint density at radius 1 is 0.944 bits per heavy atom. The van der Waals surface area contributed by atoms with Gasteiger partial charge in [0.15, 0.2) is 0 Å². The van der Waals surface area contributed by atoms with E-state index in [1.807, 2.05) is 18.2 Å². The van der Waals surface area contributed by atoms with Gasteiger partial charge in [0, 0.05) is 44.3 Å². The second-order valence-electron chi connectivity index (χ2n) is 9.64. The second-order valence-corrected chi connectivity index (χ2v) is 11.0. The maximum absolute atomic E-state index is 13.4. The van der Waals surface area contributed by atoms with Crippen molar-refractivity contribution in [1.29, 1.82) is 0 Å². The lowest BCUT2D eigenvalue weighted by Crippen LogP contribution is -2.49. The number of rotatable bonds is 9. The minimum absolute atomic E-state index is 0.0429. The van der Waals surface area contributed by atoms with Gasteiger partial charge in [0.1, 0.15) is 5.82 Å². The molecule has 2 aromatic rings. The van der Waals surface area contributed by atoms with Crippen LogP contribution in [0.2, 0.25) is 0 Å². The SMILES string of the molecule is O=C(CC1CCN(CCC(c2ccccc2)N2CCN(S(=O)(=O)F)CC2)CC1)Nc1ccc(F)cc1. The highest BCUT2D eigenvalue weighted by molar-refractivity contribution is 7.83. The fourth-order valence-electron chi connectivity index (χ4n) is 5.20. The highest BCUT2D eigenvalue weighted by atomic mass is 32.3. The standard InChI is InChI=1S/C26H34F2N4O3S/c27-23-6-8-24(9-7-23)29-26(33)20-21-10-13-30(14-11-21)15-12-25(22-4-2-1-3-5-22)31-16-18-32(19-17-31)36(28,34)35/h1-9,21,25H,10-20H2,(H,29,33). The van der Waals surface area contributed by atoms with Gasteiger partial charge in [0.2, 0.25) is 5.91 Å². The average Bonchev–Trinajstić information content (AvgIpc) is 2.87. The summed E-state index contributed by atoms with van der Waals surface area (Å²) in [5.74, 6) is -0.0502. The van der Waals surface area contributed by atoms with Gasteiger partial charge in [-0.15, -0.1) is 0 Å². The van der Waals surface area contributed by atoms with Crippen LogP contribution in [-0.4, -0.2) is 74.2 Å². The van der Waals surface area contributed by atoms with Crippen molar-refractivity contribution in [3.05, 3.63) is 66.0 Å². The lowest BCUT2D eigenvalue weighted by molar-refractivity contribution is -0.117. The number of carbonyl (C=O) groups is 1. The first-order valence-corrected chi connectivity index (χ1v) is 13.9. The van der Waals surface area contributed by atoms with Crippen molar-refractivity contribution in [2.24, 2.45) is 5.92 Å². The third kappa shape index (κ3) is 7.55. The summed E-state index contributed by atoms with van der Waals surface area (Å²) in [6.45, 7) is 4.05. The van der Waals surface area contributed by atoms with Gasteiger partial charge in [-0.05, 0) is 74.6 Å². The monoisotopic (exact) mass is 520 g/mol. The molecule has 0 bridgehead atoms. The van der Waals surface area contributed by atoms with Crippen LogP contribution in [0, 0.1) is 11.7 Å². The number of hydrogen-bond acceptors (Lipinski definition) is 5. The molecule has 7 nitrogen and oxygen atoms in total. The largest absolute Gasteiger partial charge is 0.374 e. The van der Waals surface area contributed by atoms with Crippen molar-refractivity contribution in [3.8, 4) is 0 Å². The van der Waals surface area contributed by atoms with Crippen molar-refractivity contribution in [2.45, 2.75) is 31.7 Å². The number of hydrogen-bond donors (Lipinski definition) is 1. The third-order valence-electron chi connectivity index (χ3n) is 7.23. The molecule has 0 saturated carbocycles. The average molecular weight is 521 g/mol. The normalized spacial score (nSPS) is 19.7. The summed E-state index contributed by atoms with van der Waals surface area (Å²) in [5, 5.41) is 2.85. The first kappa shape index (κ1) is 26.7. The van der Waals surface area contributed by atoms with Crippen LogP contribution < -0.4 is 5.32 Å². The van der Waals surface area contributed by atoms with Crippen molar-refractivity contribution in [3.63, 3.8) is 0 Å². The molecule has 2 heterocycles. The summed E-state index contributed by atoms with van der Waals surface area (Å²) in [4.78, 5) is 17.1. The van der Waals surface area contributed by atoms with E-state index in [9.17, 15) is 21.5 Å². The van der Waals surface area contributed by atoms with Crippen LogP contribution in [-0.2, 0) is 15.2 Å². The summed E-state index contributed by atoms with van der Waals surface area (Å²) in [7, 11) is -4.65. The van der Waals surface area contributed by atoms with E-state index in [-0.39, 0.29) is 30.9 Å². The lowest BCUT2D eigenvalue weighted by Gasteiger charge is -2.39. The number of piperidine rings is 1. The van der Waals surface area contributed by atoms with Crippen molar-refractivity contribution >= 4 is 22.0 Å². The molecule has 0 radical (unpaired) electrons. The van der Waals surface area contributed by atoms with E-state index in [1.54, 1.807) is 12.1 Å². The molecule has 2 aliphatic heterocycles. The van der Waals surface area contributed by atoms with E-state index < -0.39 is 10.4 Å². The van der Waals surface area contributed by atoms with Crippen molar-refractivity contribution in [2.75, 3.05) is 51.1 Å².